The van der Waals surface area contributed by atoms with Gasteiger partial charge >= 0.3 is 0 Å². The number of allylic oxidation sites excluding steroid dienone is 1. The molecule has 1 aromatic carbocycles. The maximum absolute atomic E-state index is 4.72. The third-order valence-corrected chi connectivity index (χ3v) is 3.63. The van der Waals surface area contributed by atoms with Crippen molar-refractivity contribution in [2.75, 3.05) is 0 Å². The molecule has 2 aromatic rings. The molecule has 1 aromatic heterocycles. The van der Waals surface area contributed by atoms with Gasteiger partial charge in [0.1, 0.15) is 0 Å². The van der Waals surface area contributed by atoms with Crippen LogP contribution in [0.4, 0.5) is 0 Å². The Balaban J connectivity index is 1.94. The van der Waals surface area contributed by atoms with E-state index in [1.54, 1.807) is 0 Å². The van der Waals surface area contributed by atoms with Crippen molar-refractivity contribution in [2.45, 2.75) is 20.4 Å². The lowest BCUT2D eigenvalue weighted by atomic mass is 9.93. The minimum absolute atomic E-state index is 0.598. The van der Waals surface area contributed by atoms with Crippen molar-refractivity contribution >= 4 is 6.08 Å². The summed E-state index contributed by atoms with van der Waals surface area (Å²) in [7, 11) is 0. The van der Waals surface area contributed by atoms with E-state index in [0.29, 0.717) is 11.8 Å². The van der Waals surface area contributed by atoms with Crippen molar-refractivity contribution in [1.82, 2.24) is 9.78 Å². The van der Waals surface area contributed by atoms with Gasteiger partial charge in [-0.3, -0.25) is 4.68 Å². The summed E-state index contributed by atoms with van der Waals surface area (Å²) in [5, 5.41) is 4.72. The predicted molar refractivity (Wildman–Crippen MR) is 75.0 cm³/mol. The average molecular weight is 238 g/mol. The van der Waals surface area contributed by atoms with Crippen LogP contribution in [0, 0.1) is 11.8 Å². The summed E-state index contributed by atoms with van der Waals surface area (Å²) in [5.41, 5.74) is 3.47. The Morgan fingerprint density at radius 3 is 2.72 bits per heavy atom. The van der Waals surface area contributed by atoms with Crippen LogP contribution in [-0.4, -0.2) is 9.78 Å². The smallest absolute Gasteiger partial charge is 0.0929 e. The quantitative estimate of drug-likeness (QED) is 0.777. The number of hydrogen-bond donors (Lipinski definition) is 0. The van der Waals surface area contributed by atoms with E-state index in [1.807, 2.05) is 6.07 Å². The second kappa shape index (κ2) is 4.45. The summed E-state index contributed by atoms with van der Waals surface area (Å²) in [6.45, 7) is 5.53. The molecule has 3 rings (SSSR count). The van der Waals surface area contributed by atoms with Crippen molar-refractivity contribution in [3.63, 3.8) is 0 Å². The molecule has 1 aliphatic heterocycles. The first-order valence-corrected chi connectivity index (χ1v) is 6.55. The lowest BCUT2D eigenvalue weighted by Gasteiger charge is -2.21. The van der Waals surface area contributed by atoms with Crippen molar-refractivity contribution < 1.29 is 0 Å². The molecule has 92 valence electrons. The van der Waals surface area contributed by atoms with Crippen LogP contribution in [0.5, 0.6) is 0 Å². The third-order valence-electron chi connectivity index (χ3n) is 3.63. The Bertz CT molecular complexity index is 564. The molecule has 0 bridgehead atoms. The zero-order chi connectivity index (χ0) is 12.5. The Morgan fingerprint density at radius 1 is 1.22 bits per heavy atom. The van der Waals surface area contributed by atoms with Gasteiger partial charge in [-0.2, -0.15) is 5.10 Å². The van der Waals surface area contributed by atoms with Gasteiger partial charge in [0.15, 0.2) is 0 Å². The third kappa shape index (κ3) is 1.99. The molecule has 0 N–H and O–H groups in total. The minimum Gasteiger partial charge on any atom is -0.264 e. The van der Waals surface area contributed by atoms with Gasteiger partial charge in [0.05, 0.1) is 11.4 Å². The highest BCUT2D eigenvalue weighted by Crippen LogP contribution is 2.26. The van der Waals surface area contributed by atoms with E-state index in [0.717, 1.165) is 12.2 Å². The zero-order valence-electron chi connectivity index (χ0n) is 10.9. The predicted octanol–water partition coefficient (Wildman–Crippen LogP) is 3.85. The molecule has 0 unspecified atom stereocenters. The van der Waals surface area contributed by atoms with Crippen LogP contribution in [0.3, 0.4) is 0 Å². The van der Waals surface area contributed by atoms with E-state index < -0.39 is 0 Å². The number of benzene rings is 1. The van der Waals surface area contributed by atoms with Gasteiger partial charge in [-0.15, -0.1) is 0 Å². The molecule has 2 nitrogen and oxygen atoms in total. The van der Waals surface area contributed by atoms with Crippen LogP contribution < -0.4 is 0 Å². The second-order valence-corrected chi connectivity index (χ2v) is 5.27. The van der Waals surface area contributed by atoms with Crippen molar-refractivity contribution in [3.05, 3.63) is 48.2 Å². The minimum atomic E-state index is 0.598. The highest BCUT2D eigenvalue weighted by Gasteiger charge is 2.18. The van der Waals surface area contributed by atoms with Crippen LogP contribution in [0.1, 0.15) is 19.5 Å². The Hall–Kier alpha value is -1.83. The van der Waals surface area contributed by atoms with Gasteiger partial charge < -0.3 is 0 Å². The summed E-state index contributed by atoms with van der Waals surface area (Å²) in [4.78, 5) is 0. The SMILES string of the molecule is CC(C)[C@H]1C=Cc2cc(-c3ccccc3)nn2C1. The maximum atomic E-state index is 4.72. The van der Waals surface area contributed by atoms with E-state index in [2.05, 4.69) is 61.0 Å². The Kier molecular flexibility index (Phi) is 2.78. The van der Waals surface area contributed by atoms with Crippen LogP contribution in [0.2, 0.25) is 0 Å². The van der Waals surface area contributed by atoms with Crippen molar-refractivity contribution in [1.29, 1.82) is 0 Å². The molecule has 0 aliphatic carbocycles. The summed E-state index contributed by atoms with van der Waals surface area (Å²) < 4.78 is 2.13. The van der Waals surface area contributed by atoms with Crippen LogP contribution in [-0.2, 0) is 6.54 Å². The molecule has 0 radical (unpaired) electrons. The van der Waals surface area contributed by atoms with Crippen LogP contribution in [0.15, 0.2) is 42.5 Å². The number of hydrogen-bond acceptors (Lipinski definition) is 1. The summed E-state index contributed by atoms with van der Waals surface area (Å²) in [5.74, 6) is 1.26. The van der Waals surface area contributed by atoms with Gasteiger partial charge in [-0.05, 0) is 24.0 Å². The molecule has 0 saturated carbocycles. The lowest BCUT2D eigenvalue weighted by molar-refractivity contribution is 0.380. The van der Waals surface area contributed by atoms with E-state index in [9.17, 15) is 0 Å². The molecule has 18 heavy (non-hydrogen) atoms. The fraction of sp³-hybridized carbons (Fsp3) is 0.312. The van der Waals surface area contributed by atoms with Gasteiger partial charge in [0.25, 0.3) is 0 Å². The van der Waals surface area contributed by atoms with E-state index in [1.165, 1.54) is 11.3 Å². The highest BCUT2D eigenvalue weighted by molar-refractivity contribution is 5.63. The van der Waals surface area contributed by atoms with E-state index in [4.69, 9.17) is 5.10 Å². The molecule has 0 spiro atoms. The van der Waals surface area contributed by atoms with Gasteiger partial charge in [0, 0.05) is 12.1 Å². The molecule has 1 atom stereocenters. The van der Waals surface area contributed by atoms with Gasteiger partial charge in [-0.25, -0.2) is 0 Å². The van der Waals surface area contributed by atoms with Gasteiger partial charge in [-0.1, -0.05) is 50.3 Å². The summed E-state index contributed by atoms with van der Waals surface area (Å²) >= 11 is 0. The molecule has 2 heteroatoms. The largest absolute Gasteiger partial charge is 0.264 e. The van der Waals surface area contributed by atoms with Crippen LogP contribution >= 0.6 is 0 Å². The number of rotatable bonds is 2. The number of nitrogens with zero attached hydrogens (tertiary/aromatic N) is 2. The molecular formula is C16H18N2. The van der Waals surface area contributed by atoms with Crippen molar-refractivity contribution in [3.8, 4) is 11.3 Å². The first-order chi connectivity index (χ1) is 8.74. The maximum Gasteiger partial charge on any atom is 0.0929 e. The molecule has 2 heterocycles. The number of fused-ring (bicyclic) bond motifs is 1. The van der Waals surface area contributed by atoms with E-state index >= 15 is 0 Å². The van der Waals surface area contributed by atoms with E-state index in [-0.39, 0.29) is 0 Å². The topological polar surface area (TPSA) is 17.8 Å². The zero-order valence-corrected chi connectivity index (χ0v) is 10.9. The Labute approximate surface area is 108 Å². The first-order valence-electron chi connectivity index (χ1n) is 6.55. The van der Waals surface area contributed by atoms with Gasteiger partial charge in [0.2, 0.25) is 0 Å². The normalized spacial score (nSPS) is 18.1. The summed E-state index contributed by atoms with van der Waals surface area (Å²) in [6.07, 6.45) is 4.52. The monoisotopic (exact) mass is 238 g/mol. The molecular weight excluding hydrogens is 220 g/mol. The Morgan fingerprint density at radius 2 is 2.00 bits per heavy atom. The first kappa shape index (κ1) is 11.3. The fourth-order valence-corrected chi connectivity index (χ4v) is 2.38. The van der Waals surface area contributed by atoms with Crippen molar-refractivity contribution in [2.24, 2.45) is 11.8 Å². The lowest BCUT2D eigenvalue weighted by Crippen LogP contribution is -2.19. The molecule has 1 aliphatic rings. The summed E-state index contributed by atoms with van der Waals surface area (Å²) in [6, 6.07) is 12.5. The van der Waals surface area contributed by atoms with Crippen LogP contribution in [0.25, 0.3) is 17.3 Å². The molecule has 0 fully saturated rings. The highest BCUT2D eigenvalue weighted by atomic mass is 15.3. The fourth-order valence-electron chi connectivity index (χ4n) is 2.38. The molecule has 0 amide bonds. The standard InChI is InChI=1S/C16H18N2/c1-12(2)14-8-9-15-10-16(17-18(15)11-14)13-6-4-3-5-7-13/h3-10,12,14H,11H2,1-2H3/t14-/m0/s1. The average Bonchev–Trinajstić information content (AvgIpc) is 2.82. The second-order valence-electron chi connectivity index (χ2n) is 5.27. The molecule has 0 saturated heterocycles. The number of aromatic nitrogens is 2.